The molecule has 0 aliphatic rings. The fourth-order valence-corrected chi connectivity index (χ4v) is 7.49. The first-order chi connectivity index (χ1) is 36.0. The molecule has 0 bridgehead atoms. The third-order valence-corrected chi connectivity index (χ3v) is 11.8. The summed E-state index contributed by atoms with van der Waals surface area (Å²) in [6, 6.07) is 0. The lowest BCUT2D eigenvalue weighted by atomic mass is 10.1. The molecule has 0 fully saturated rings. The second-order valence-corrected chi connectivity index (χ2v) is 18.8. The van der Waals surface area contributed by atoms with Gasteiger partial charge in [0.25, 0.3) is 0 Å². The van der Waals surface area contributed by atoms with Gasteiger partial charge in [0, 0.05) is 19.3 Å². The second kappa shape index (κ2) is 59.8. The first-order valence-corrected chi connectivity index (χ1v) is 29.3. The SMILES string of the molecule is CC/C=C\C/C=C\C/C=C\C/C=C\C/C=C\C/C=C\CCC(=O)OC(COC(=O)CCCCCCC/C=C\CCCCCC)COC(=O)CCCCCCCCC/C=C\C/C=C\C/C=C\C/C=C\C/C=C\CC. The van der Waals surface area contributed by atoms with Crippen LogP contribution >= 0.6 is 0 Å². The van der Waals surface area contributed by atoms with Gasteiger partial charge in [0.1, 0.15) is 13.2 Å². The van der Waals surface area contributed by atoms with E-state index in [2.05, 4.69) is 154 Å². The zero-order valence-corrected chi connectivity index (χ0v) is 46.8. The van der Waals surface area contributed by atoms with Crippen LogP contribution in [-0.4, -0.2) is 37.2 Å². The molecule has 1 atom stereocenters. The molecule has 6 heteroatoms. The Morgan fingerprint density at radius 2 is 0.562 bits per heavy atom. The molecule has 0 saturated carbocycles. The third-order valence-electron chi connectivity index (χ3n) is 11.8. The largest absolute Gasteiger partial charge is 0.462 e. The highest BCUT2D eigenvalue weighted by Crippen LogP contribution is 2.13. The Kier molecular flexibility index (Phi) is 56.0. The average Bonchev–Trinajstić information content (AvgIpc) is 3.39. The Balaban J connectivity index is 4.51. The number of rotatable bonds is 51. The van der Waals surface area contributed by atoms with E-state index in [1.165, 1.54) is 64.2 Å². The number of carbonyl (C=O) groups is 3. The molecule has 0 amide bonds. The van der Waals surface area contributed by atoms with Crippen molar-refractivity contribution in [1.82, 2.24) is 0 Å². The maximum atomic E-state index is 12.8. The molecule has 410 valence electrons. The van der Waals surface area contributed by atoms with Gasteiger partial charge < -0.3 is 14.2 Å². The van der Waals surface area contributed by atoms with Crippen LogP contribution in [0.25, 0.3) is 0 Å². The highest BCUT2D eigenvalue weighted by molar-refractivity contribution is 5.71. The van der Waals surface area contributed by atoms with Crippen LogP contribution in [0.1, 0.15) is 239 Å². The molecular weight excluding hydrogens is 901 g/mol. The Morgan fingerprint density at radius 1 is 0.288 bits per heavy atom. The van der Waals surface area contributed by atoms with Gasteiger partial charge in [-0.2, -0.15) is 0 Å². The molecule has 0 radical (unpaired) electrons. The summed E-state index contributed by atoms with van der Waals surface area (Å²) in [5.74, 6) is -1.03. The molecule has 0 heterocycles. The maximum absolute atomic E-state index is 12.8. The summed E-state index contributed by atoms with van der Waals surface area (Å²) in [4.78, 5) is 38.2. The number of hydrogen-bond acceptors (Lipinski definition) is 6. The first-order valence-electron chi connectivity index (χ1n) is 29.3. The lowest BCUT2D eigenvalue weighted by Gasteiger charge is -2.18. The standard InChI is InChI=1S/C67H106O6/c1-4-7-10-13-16-19-22-25-27-29-31-32-33-34-36-37-39-42-45-48-51-54-57-60-66(69)72-63-64(62-71-65(68)59-56-53-50-47-44-41-24-21-18-15-12-9-6-3)73-67(70)61-58-55-52-49-46-43-40-38-35-30-28-26-23-20-17-14-11-8-5-2/h7-8,10-11,16-17,19-21,24-28,31-32,34-36,38,43,46,52,55,64H,4-6,9,12-15,18,22-23,29-30,33,37,39-42,44-45,47-51,53-54,56-63H2,1-3H3/b10-7-,11-8-,19-16-,20-17-,24-21-,27-25-,28-26-,32-31-,36-34-,38-35-,46-43-,55-52-. The van der Waals surface area contributed by atoms with Crippen LogP contribution in [0.2, 0.25) is 0 Å². The van der Waals surface area contributed by atoms with Gasteiger partial charge in [0.15, 0.2) is 6.10 Å². The van der Waals surface area contributed by atoms with E-state index in [1.54, 1.807) is 0 Å². The molecule has 0 aromatic carbocycles. The summed E-state index contributed by atoms with van der Waals surface area (Å²) in [6.45, 7) is 6.31. The van der Waals surface area contributed by atoms with Gasteiger partial charge in [0.2, 0.25) is 0 Å². The molecule has 0 spiro atoms. The third kappa shape index (κ3) is 58.1. The second-order valence-electron chi connectivity index (χ2n) is 18.8. The highest BCUT2D eigenvalue weighted by Gasteiger charge is 2.19. The number of allylic oxidation sites excluding steroid dienone is 24. The zero-order chi connectivity index (χ0) is 52.9. The topological polar surface area (TPSA) is 78.9 Å². The quantitative estimate of drug-likeness (QED) is 0.0261. The molecular formula is C67H106O6. The molecule has 0 rings (SSSR count). The summed E-state index contributed by atoms with van der Waals surface area (Å²) >= 11 is 0. The van der Waals surface area contributed by atoms with Gasteiger partial charge in [0.05, 0.1) is 0 Å². The molecule has 1 unspecified atom stereocenters. The minimum atomic E-state index is -0.833. The Morgan fingerprint density at radius 3 is 0.904 bits per heavy atom. The average molecular weight is 1010 g/mol. The molecule has 73 heavy (non-hydrogen) atoms. The number of hydrogen-bond donors (Lipinski definition) is 0. The van der Waals surface area contributed by atoms with E-state index < -0.39 is 12.1 Å². The van der Waals surface area contributed by atoms with Gasteiger partial charge in [-0.25, -0.2) is 0 Å². The predicted octanol–water partition coefficient (Wildman–Crippen LogP) is 20.0. The molecule has 0 N–H and O–H groups in total. The number of esters is 3. The van der Waals surface area contributed by atoms with E-state index in [0.29, 0.717) is 19.3 Å². The number of unbranched alkanes of at least 4 members (excludes halogenated alkanes) is 16. The van der Waals surface area contributed by atoms with Crippen molar-refractivity contribution in [2.45, 2.75) is 245 Å². The molecule has 6 nitrogen and oxygen atoms in total. The van der Waals surface area contributed by atoms with E-state index in [0.717, 1.165) is 128 Å². The van der Waals surface area contributed by atoms with Crippen LogP contribution < -0.4 is 0 Å². The van der Waals surface area contributed by atoms with Crippen molar-refractivity contribution < 1.29 is 28.6 Å². The Bertz CT molecular complexity index is 1630. The normalized spacial score (nSPS) is 13.2. The minimum absolute atomic E-state index is 0.121. The fourth-order valence-electron chi connectivity index (χ4n) is 7.49. The summed E-state index contributed by atoms with van der Waals surface area (Å²) in [5.41, 5.74) is 0. The number of carbonyl (C=O) groups excluding carboxylic acids is 3. The van der Waals surface area contributed by atoms with Crippen LogP contribution in [0.5, 0.6) is 0 Å². The van der Waals surface area contributed by atoms with Crippen LogP contribution in [0, 0.1) is 0 Å². The van der Waals surface area contributed by atoms with Crippen LogP contribution in [0.4, 0.5) is 0 Å². The minimum Gasteiger partial charge on any atom is -0.462 e. The predicted molar refractivity (Wildman–Crippen MR) is 315 cm³/mol. The van der Waals surface area contributed by atoms with Crippen molar-refractivity contribution in [2.75, 3.05) is 13.2 Å². The fraction of sp³-hybridized carbons (Fsp3) is 0.597. The van der Waals surface area contributed by atoms with Crippen molar-refractivity contribution in [1.29, 1.82) is 0 Å². The van der Waals surface area contributed by atoms with Crippen LogP contribution in [-0.2, 0) is 28.6 Å². The molecule has 0 aliphatic carbocycles. The van der Waals surface area contributed by atoms with Crippen molar-refractivity contribution in [3.8, 4) is 0 Å². The Hall–Kier alpha value is -4.71. The van der Waals surface area contributed by atoms with Gasteiger partial charge >= 0.3 is 17.9 Å². The summed E-state index contributed by atoms with van der Waals surface area (Å²) in [7, 11) is 0. The van der Waals surface area contributed by atoms with Crippen LogP contribution in [0.15, 0.2) is 146 Å². The van der Waals surface area contributed by atoms with Crippen molar-refractivity contribution in [3.63, 3.8) is 0 Å². The molecule has 0 saturated heterocycles. The van der Waals surface area contributed by atoms with E-state index in [1.807, 2.05) is 12.2 Å². The van der Waals surface area contributed by atoms with E-state index in [9.17, 15) is 14.4 Å². The van der Waals surface area contributed by atoms with Gasteiger partial charge in [-0.15, -0.1) is 0 Å². The van der Waals surface area contributed by atoms with E-state index >= 15 is 0 Å². The zero-order valence-electron chi connectivity index (χ0n) is 46.8. The van der Waals surface area contributed by atoms with Gasteiger partial charge in [-0.1, -0.05) is 237 Å². The van der Waals surface area contributed by atoms with Gasteiger partial charge in [-0.05, 0) is 128 Å². The molecule has 0 aromatic rings. The highest BCUT2D eigenvalue weighted by atomic mass is 16.6. The molecule has 0 aliphatic heterocycles. The van der Waals surface area contributed by atoms with Gasteiger partial charge in [-0.3, -0.25) is 14.4 Å². The smallest absolute Gasteiger partial charge is 0.306 e. The maximum Gasteiger partial charge on any atom is 0.306 e. The van der Waals surface area contributed by atoms with E-state index in [4.69, 9.17) is 14.2 Å². The summed E-state index contributed by atoms with van der Waals surface area (Å²) in [6.07, 6.45) is 85.6. The number of ether oxygens (including phenoxy) is 3. The monoisotopic (exact) mass is 1010 g/mol. The lowest BCUT2D eigenvalue weighted by Crippen LogP contribution is -2.30. The van der Waals surface area contributed by atoms with Crippen molar-refractivity contribution in [3.05, 3.63) is 146 Å². The Labute approximate surface area is 448 Å². The van der Waals surface area contributed by atoms with E-state index in [-0.39, 0.29) is 31.6 Å². The van der Waals surface area contributed by atoms with Crippen molar-refractivity contribution in [2.24, 2.45) is 0 Å². The van der Waals surface area contributed by atoms with Crippen molar-refractivity contribution >= 4 is 17.9 Å². The summed E-state index contributed by atoms with van der Waals surface area (Å²) in [5, 5.41) is 0. The summed E-state index contributed by atoms with van der Waals surface area (Å²) < 4.78 is 16.8. The van der Waals surface area contributed by atoms with Crippen LogP contribution in [0.3, 0.4) is 0 Å². The first kappa shape index (κ1) is 68.3. The molecule has 0 aromatic heterocycles. The lowest BCUT2D eigenvalue weighted by molar-refractivity contribution is -0.166.